The number of rotatable bonds is 5. The number of imide groups is 1. The molecule has 1 heterocycles. The molecule has 1 fully saturated rings. The molecule has 6 nitrogen and oxygen atoms in total. The van der Waals surface area contributed by atoms with Gasteiger partial charge in [-0.3, -0.25) is 10.1 Å². The lowest BCUT2D eigenvalue weighted by Crippen LogP contribution is -2.48. The van der Waals surface area contributed by atoms with E-state index >= 15 is 0 Å². The van der Waals surface area contributed by atoms with Gasteiger partial charge in [0, 0.05) is 0 Å². The summed E-state index contributed by atoms with van der Waals surface area (Å²) in [4.78, 5) is 23.0. The van der Waals surface area contributed by atoms with E-state index in [1.165, 1.54) is 0 Å². The van der Waals surface area contributed by atoms with Crippen molar-refractivity contribution in [1.29, 1.82) is 0 Å². The quantitative estimate of drug-likeness (QED) is 0.827. The standard InChI is InChI=1S/C18H18N2O4/c1-18(16(21)19-17(22)20-18)11-24-15-9-5-13(6-10-15)12-3-7-14(23-2)8-4-12/h3-10H,11H2,1-2H3,(H2,19,20,21,22). The molecule has 2 aromatic carbocycles. The van der Waals surface area contributed by atoms with Gasteiger partial charge < -0.3 is 14.8 Å². The van der Waals surface area contributed by atoms with Crippen molar-refractivity contribution in [2.75, 3.05) is 13.7 Å². The molecule has 1 saturated heterocycles. The molecule has 1 unspecified atom stereocenters. The predicted octanol–water partition coefficient (Wildman–Crippen LogP) is 2.34. The molecule has 3 amide bonds. The first-order chi connectivity index (χ1) is 11.5. The molecular formula is C18H18N2O4. The second kappa shape index (κ2) is 6.23. The van der Waals surface area contributed by atoms with Gasteiger partial charge in [-0.05, 0) is 42.3 Å². The number of carbonyl (C=O) groups excluding carboxylic acids is 2. The lowest BCUT2D eigenvalue weighted by atomic mass is 10.0. The van der Waals surface area contributed by atoms with Gasteiger partial charge in [0.2, 0.25) is 0 Å². The van der Waals surface area contributed by atoms with Gasteiger partial charge in [-0.25, -0.2) is 4.79 Å². The number of benzene rings is 2. The van der Waals surface area contributed by atoms with E-state index in [9.17, 15) is 9.59 Å². The van der Waals surface area contributed by atoms with Crippen LogP contribution in [-0.2, 0) is 4.79 Å². The molecule has 0 aliphatic carbocycles. The third kappa shape index (κ3) is 3.17. The molecule has 6 heteroatoms. The number of nitrogens with one attached hydrogen (secondary N) is 2. The molecule has 0 saturated carbocycles. The van der Waals surface area contributed by atoms with Crippen LogP contribution in [0.5, 0.6) is 11.5 Å². The third-order valence-corrected chi connectivity index (χ3v) is 3.92. The van der Waals surface area contributed by atoms with Crippen molar-refractivity contribution in [2.45, 2.75) is 12.5 Å². The summed E-state index contributed by atoms with van der Waals surface area (Å²) >= 11 is 0. The van der Waals surface area contributed by atoms with Crippen molar-refractivity contribution < 1.29 is 19.1 Å². The van der Waals surface area contributed by atoms with E-state index in [-0.39, 0.29) is 12.5 Å². The highest BCUT2D eigenvalue weighted by atomic mass is 16.5. The molecular weight excluding hydrogens is 308 g/mol. The summed E-state index contributed by atoms with van der Waals surface area (Å²) in [6.07, 6.45) is 0. The summed E-state index contributed by atoms with van der Waals surface area (Å²) in [7, 11) is 1.63. The van der Waals surface area contributed by atoms with Crippen molar-refractivity contribution in [3.05, 3.63) is 48.5 Å². The van der Waals surface area contributed by atoms with Crippen LogP contribution in [0, 0.1) is 0 Å². The Labute approximate surface area is 139 Å². The average molecular weight is 326 g/mol. The molecule has 2 N–H and O–H groups in total. The van der Waals surface area contributed by atoms with Crippen LogP contribution in [-0.4, -0.2) is 31.2 Å². The van der Waals surface area contributed by atoms with Gasteiger partial charge in [-0.15, -0.1) is 0 Å². The Morgan fingerprint density at radius 3 is 1.92 bits per heavy atom. The fraction of sp³-hybridized carbons (Fsp3) is 0.222. The summed E-state index contributed by atoms with van der Waals surface area (Å²) < 4.78 is 10.8. The van der Waals surface area contributed by atoms with Crippen molar-refractivity contribution in [3.8, 4) is 22.6 Å². The fourth-order valence-electron chi connectivity index (χ4n) is 2.44. The number of ether oxygens (including phenoxy) is 2. The average Bonchev–Trinajstić information content (AvgIpc) is 2.86. The van der Waals surface area contributed by atoms with Crippen LogP contribution in [0.2, 0.25) is 0 Å². The van der Waals surface area contributed by atoms with E-state index < -0.39 is 11.6 Å². The van der Waals surface area contributed by atoms with Crippen LogP contribution in [0.25, 0.3) is 11.1 Å². The zero-order valence-corrected chi connectivity index (χ0v) is 13.5. The topological polar surface area (TPSA) is 76.7 Å². The number of amides is 3. The number of hydrogen-bond donors (Lipinski definition) is 2. The van der Waals surface area contributed by atoms with Crippen LogP contribution >= 0.6 is 0 Å². The van der Waals surface area contributed by atoms with Gasteiger partial charge >= 0.3 is 6.03 Å². The third-order valence-electron chi connectivity index (χ3n) is 3.92. The van der Waals surface area contributed by atoms with Crippen molar-refractivity contribution in [1.82, 2.24) is 10.6 Å². The van der Waals surface area contributed by atoms with Gasteiger partial charge in [0.05, 0.1) is 7.11 Å². The molecule has 1 atom stereocenters. The van der Waals surface area contributed by atoms with Gasteiger partial charge in [0.1, 0.15) is 18.1 Å². The maximum absolute atomic E-state index is 11.7. The van der Waals surface area contributed by atoms with Crippen molar-refractivity contribution in [3.63, 3.8) is 0 Å². The normalized spacial score (nSPS) is 19.6. The minimum absolute atomic E-state index is 0.0620. The molecule has 1 aliphatic rings. The van der Waals surface area contributed by atoms with Gasteiger partial charge in [-0.1, -0.05) is 24.3 Å². The Kier molecular flexibility index (Phi) is 4.12. The maximum atomic E-state index is 11.7. The summed E-state index contributed by atoms with van der Waals surface area (Å²) in [6.45, 7) is 1.69. The van der Waals surface area contributed by atoms with Crippen LogP contribution in [0.1, 0.15) is 6.92 Å². The minimum Gasteiger partial charge on any atom is -0.497 e. The highest BCUT2D eigenvalue weighted by Gasteiger charge is 2.42. The van der Waals surface area contributed by atoms with E-state index in [0.717, 1.165) is 16.9 Å². The zero-order valence-electron chi connectivity index (χ0n) is 13.5. The van der Waals surface area contributed by atoms with Crippen LogP contribution in [0.4, 0.5) is 4.79 Å². The number of hydrogen-bond acceptors (Lipinski definition) is 4. The molecule has 0 bridgehead atoms. The predicted molar refractivity (Wildman–Crippen MR) is 89.0 cm³/mol. The van der Waals surface area contributed by atoms with E-state index in [1.54, 1.807) is 14.0 Å². The molecule has 0 spiro atoms. The maximum Gasteiger partial charge on any atom is 0.322 e. The smallest absolute Gasteiger partial charge is 0.322 e. The fourth-order valence-corrected chi connectivity index (χ4v) is 2.44. The van der Waals surface area contributed by atoms with Gasteiger partial charge in [0.25, 0.3) is 5.91 Å². The number of methoxy groups -OCH3 is 1. The molecule has 3 rings (SSSR count). The number of urea groups is 1. The summed E-state index contributed by atoms with van der Waals surface area (Å²) in [5.41, 5.74) is 1.06. The Morgan fingerprint density at radius 2 is 1.46 bits per heavy atom. The summed E-state index contributed by atoms with van der Waals surface area (Å²) in [5.74, 6) is 1.05. The number of carbonyl (C=O) groups is 2. The van der Waals surface area contributed by atoms with Gasteiger partial charge in [-0.2, -0.15) is 0 Å². The Morgan fingerprint density at radius 1 is 0.917 bits per heavy atom. The first-order valence-electron chi connectivity index (χ1n) is 7.51. The van der Waals surface area contributed by atoms with Crippen molar-refractivity contribution >= 4 is 11.9 Å². The molecule has 1 aliphatic heterocycles. The summed E-state index contributed by atoms with van der Waals surface area (Å²) in [5, 5.41) is 4.77. The highest BCUT2D eigenvalue weighted by molar-refractivity contribution is 6.06. The molecule has 24 heavy (non-hydrogen) atoms. The van der Waals surface area contributed by atoms with E-state index in [0.29, 0.717) is 5.75 Å². The largest absolute Gasteiger partial charge is 0.497 e. The van der Waals surface area contributed by atoms with Crippen LogP contribution in [0.3, 0.4) is 0 Å². The summed E-state index contributed by atoms with van der Waals surface area (Å²) in [6, 6.07) is 14.8. The Balaban J connectivity index is 1.66. The second-order valence-electron chi connectivity index (χ2n) is 5.78. The Bertz CT molecular complexity index is 756. The molecule has 124 valence electrons. The van der Waals surface area contributed by atoms with E-state index in [2.05, 4.69) is 10.6 Å². The zero-order chi connectivity index (χ0) is 17.2. The van der Waals surface area contributed by atoms with E-state index in [1.807, 2.05) is 48.5 Å². The lowest BCUT2D eigenvalue weighted by Gasteiger charge is -2.20. The SMILES string of the molecule is COc1ccc(-c2ccc(OCC3(C)NC(=O)NC3=O)cc2)cc1. The van der Waals surface area contributed by atoms with Gasteiger partial charge in [0.15, 0.2) is 5.54 Å². The van der Waals surface area contributed by atoms with Crippen LogP contribution < -0.4 is 20.1 Å². The van der Waals surface area contributed by atoms with Crippen LogP contribution in [0.15, 0.2) is 48.5 Å². The Hall–Kier alpha value is -3.02. The van der Waals surface area contributed by atoms with E-state index in [4.69, 9.17) is 9.47 Å². The minimum atomic E-state index is -1.05. The first kappa shape index (κ1) is 15.9. The lowest BCUT2D eigenvalue weighted by molar-refractivity contribution is -0.124. The van der Waals surface area contributed by atoms with Crippen molar-refractivity contribution in [2.24, 2.45) is 0 Å². The molecule has 0 aromatic heterocycles. The molecule has 2 aromatic rings. The highest BCUT2D eigenvalue weighted by Crippen LogP contribution is 2.25. The first-order valence-corrected chi connectivity index (χ1v) is 7.51. The second-order valence-corrected chi connectivity index (χ2v) is 5.78. The monoisotopic (exact) mass is 326 g/mol. The molecule has 0 radical (unpaired) electrons.